The lowest BCUT2D eigenvalue weighted by atomic mass is 9.93. The van der Waals surface area contributed by atoms with Crippen LogP contribution in [0.3, 0.4) is 0 Å². The van der Waals surface area contributed by atoms with Gasteiger partial charge in [0.15, 0.2) is 0 Å². The van der Waals surface area contributed by atoms with Crippen molar-refractivity contribution < 1.29 is 14.3 Å². The van der Waals surface area contributed by atoms with E-state index in [2.05, 4.69) is 4.90 Å². The largest absolute Gasteiger partial charge is 0.497 e. The highest BCUT2D eigenvalue weighted by atomic mass is 16.5. The van der Waals surface area contributed by atoms with E-state index in [9.17, 15) is 4.79 Å². The first-order chi connectivity index (χ1) is 9.65. The van der Waals surface area contributed by atoms with Crippen molar-refractivity contribution in [2.24, 2.45) is 5.41 Å². The van der Waals surface area contributed by atoms with Gasteiger partial charge in [-0.2, -0.15) is 0 Å². The Balaban J connectivity index is 1.82. The number of esters is 1. The molecule has 1 aliphatic heterocycles. The average molecular weight is 275 g/mol. The van der Waals surface area contributed by atoms with Crippen LogP contribution < -0.4 is 9.64 Å². The fraction of sp³-hybridized carbons (Fsp3) is 0.562. The topological polar surface area (TPSA) is 38.8 Å². The van der Waals surface area contributed by atoms with Crippen molar-refractivity contribution in [2.45, 2.75) is 25.7 Å². The van der Waals surface area contributed by atoms with Crippen LogP contribution in [0.5, 0.6) is 5.75 Å². The second-order valence-electron chi connectivity index (χ2n) is 5.90. The molecule has 0 bridgehead atoms. The van der Waals surface area contributed by atoms with Crippen LogP contribution in [-0.4, -0.2) is 33.3 Å². The normalized spacial score (nSPS) is 19.8. The zero-order chi connectivity index (χ0) is 14.2. The van der Waals surface area contributed by atoms with Crippen LogP contribution in [0.15, 0.2) is 18.2 Å². The van der Waals surface area contributed by atoms with Gasteiger partial charge >= 0.3 is 5.97 Å². The molecule has 1 heterocycles. The highest BCUT2D eigenvalue weighted by molar-refractivity contribution is 5.91. The summed E-state index contributed by atoms with van der Waals surface area (Å²) < 4.78 is 10.1. The Bertz CT molecular complexity index is 512. The van der Waals surface area contributed by atoms with Crippen molar-refractivity contribution in [3.63, 3.8) is 0 Å². The van der Waals surface area contributed by atoms with E-state index >= 15 is 0 Å². The molecule has 4 heteroatoms. The second kappa shape index (κ2) is 5.00. The molecule has 1 aromatic rings. The van der Waals surface area contributed by atoms with Crippen molar-refractivity contribution in [1.29, 1.82) is 0 Å². The number of carbonyl (C=O) groups excluding carboxylic acids is 1. The van der Waals surface area contributed by atoms with Gasteiger partial charge in [-0.15, -0.1) is 0 Å². The van der Waals surface area contributed by atoms with E-state index in [0.29, 0.717) is 16.7 Å². The third-order valence-electron chi connectivity index (χ3n) is 4.69. The maximum Gasteiger partial charge on any atom is 0.338 e. The molecular weight excluding hydrogens is 254 g/mol. The summed E-state index contributed by atoms with van der Waals surface area (Å²) in [6.45, 7) is 2.13. The molecule has 0 aromatic heterocycles. The predicted molar refractivity (Wildman–Crippen MR) is 77.4 cm³/mol. The average Bonchev–Trinajstić information content (AvgIpc) is 3.25. The summed E-state index contributed by atoms with van der Waals surface area (Å²) in [4.78, 5) is 14.1. The first-order valence-corrected chi connectivity index (χ1v) is 7.18. The molecule has 1 aromatic carbocycles. The van der Waals surface area contributed by atoms with Crippen LogP contribution in [0.1, 0.15) is 36.0 Å². The predicted octanol–water partition coefficient (Wildman–Crippen LogP) is 2.86. The lowest BCUT2D eigenvalue weighted by Crippen LogP contribution is -2.34. The quantitative estimate of drug-likeness (QED) is 0.795. The van der Waals surface area contributed by atoms with Gasteiger partial charge in [-0.3, -0.25) is 0 Å². The Morgan fingerprint density at radius 2 is 1.80 bits per heavy atom. The minimum Gasteiger partial charge on any atom is -0.497 e. The lowest BCUT2D eigenvalue weighted by molar-refractivity contribution is 0.0600. The molecule has 108 valence electrons. The van der Waals surface area contributed by atoms with Crippen LogP contribution >= 0.6 is 0 Å². The molecule has 1 saturated heterocycles. The molecule has 2 fully saturated rings. The molecule has 2 aliphatic rings. The molecule has 0 radical (unpaired) electrons. The summed E-state index contributed by atoms with van der Waals surface area (Å²) in [6, 6.07) is 5.62. The zero-order valence-corrected chi connectivity index (χ0v) is 12.1. The van der Waals surface area contributed by atoms with E-state index in [-0.39, 0.29) is 5.97 Å². The standard InChI is InChI=1S/C16H21NO3/c1-19-14-10-12(15(18)20-2)9-13(11-14)17-7-5-16(3-4-16)6-8-17/h9-11H,3-8H2,1-2H3. The molecule has 4 nitrogen and oxygen atoms in total. The summed E-state index contributed by atoms with van der Waals surface area (Å²) in [7, 11) is 3.02. The molecule has 0 atom stereocenters. The van der Waals surface area contributed by atoms with Crippen LogP contribution in [0.25, 0.3) is 0 Å². The van der Waals surface area contributed by atoms with E-state index in [0.717, 1.165) is 18.8 Å². The minimum absolute atomic E-state index is 0.319. The Morgan fingerprint density at radius 3 is 2.35 bits per heavy atom. The number of benzene rings is 1. The zero-order valence-electron chi connectivity index (χ0n) is 12.1. The van der Waals surface area contributed by atoms with Crippen molar-refractivity contribution in [1.82, 2.24) is 0 Å². The first-order valence-electron chi connectivity index (χ1n) is 7.18. The van der Waals surface area contributed by atoms with Gasteiger partial charge in [0.1, 0.15) is 5.75 Å². The highest BCUT2D eigenvalue weighted by Gasteiger charge is 2.44. The molecule has 1 spiro atoms. The first kappa shape index (κ1) is 13.3. The third-order valence-corrected chi connectivity index (χ3v) is 4.69. The number of methoxy groups -OCH3 is 2. The van der Waals surface area contributed by atoms with Gasteiger partial charge in [-0.25, -0.2) is 4.79 Å². The molecular formula is C16H21NO3. The fourth-order valence-electron chi connectivity index (χ4n) is 3.04. The van der Waals surface area contributed by atoms with Crippen LogP contribution in [0.2, 0.25) is 0 Å². The molecule has 0 unspecified atom stereocenters. The molecule has 3 rings (SSSR count). The summed E-state index contributed by atoms with van der Waals surface area (Å²) in [5.74, 6) is 0.385. The minimum atomic E-state index is -0.319. The molecule has 20 heavy (non-hydrogen) atoms. The number of anilines is 1. The van der Waals surface area contributed by atoms with Gasteiger partial charge in [0.25, 0.3) is 0 Å². The van der Waals surface area contributed by atoms with Gasteiger partial charge in [0.05, 0.1) is 19.8 Å². The van der Waals surface area contributed by atoms with Crippen LogP contribution in [-0.2, 0) is 4.74 Å². The van der Waals surface area contributed by atoms with Crippen molar-refractivity contribution >= 4 is 11.7 Å². The summed E-state index contributed by atoms with van der Waals surface area (Å²) in [6.07, 6.45) is 5.31. The van der Waals surface area contributed by atoms with Gasteiger partial charge in [0, 0.05) is 24.8 Å². The number of hydrogen-bond donors (Lipinski definition) is 0. The maximum atomic E-state index is 11.7. The molecule has 0 N–H and O–H groups in total. The molecule has 1 saturated carbocycles. The van der Waals surface area contributed by atoms with E-state index < -0.39 is 0 Å². The van der Waals surface area contributed by atoms with Gasteiger partial charge < -0.3 is 14.4 Å². The highest BCUT2D eigenvalue weighted by Crippen LogP contribution is 2.54. The van der Waals surface area contributed by atoms with Gasteiger partial charge in [-0.05, 0) is 43.2 Å². The molecule has 1 aliphatic carbocycles. The van der Waals surface area contributed by atoms with E-state index in [1.165, 1.54) is 32.8 Å². The smallest absolute Gasteiger partial charge is 0.338 e. The SMILES string of the molecule is COC(=O)c1cc(OC)cc(N2CCC3(CC2)CC3)c1. The Kier molecular flexibility index (Phi) is 3.32. The Morgan fingerprint density at radius 1 is 1.10 bits per heavy atom. The maximum absolute atomic E-state index is 11.7. The third kappa shape index (κ3) is 2.47. The monoisotopic (exact) mass is 275 g/mol. The number of piperidine rings is 1. The number of carbonyl (C=O) groups is 1. The Labute approximate surface area is 119 Å². The fourth-order valence-corrected chi connectivity index (χ4v) is 3.04. The summed E-state index contributed by atoms with van der Waals surface area (Å²) in [5, 5.41) is 0. The number of hydrogen-bond acceptors (Lipinski definition) is 4. The Hall–Kier alpha value is -1.71. The van der Waals surface area contributed by atoms with Crippen LogP contribution in [0.4, 0.5) is 5.69 Å². The van der Waals surface area contributed by atoms with Crippen molar-refractivity contribution in [3.05, 3.63) is 23.8 Å². The number of nitrogens with zero attached hydrogens (tertiary/aromatic N) is 1. The lowest BCUT2D eigenvalue weighted by Gasteiger charge is -2.34. The van der Waals surface area contributed by atoms with Crippen LogP contribution in [0, 0.1) is 5.41 Å². The summed E-state index contributed by atoms with van der Waals surface area (Å²) >= 11 is 0. The van der Waals surface area contributed by atoms with E-state index in [1.54, 1.807) is 13.2 Å². The van der Waals surface area contributed by atoms with Crippen molar-refractivity contribution in [3.8, 4) is 5.75 Å². The van der Waals surface area contributed by atoms with E-state index in [4.69, 9.17) is 9.47 Å². The number of rotatable bonds is 3. The van der Waals surface area contributed by atoms with Crippen molar-refractivity contribution in [2.75, 3.05) is 32.2 Å². The second-order valence-corrected chi connectivity index (χ2v) is 5.90. The summed E-state index contributed by atoms with van der Waals surface area (Å²) in [5.41, 5.74) is 2.26. The number of ether oxygens (including phenoxy) is 2. The van der Waals surface area contributed by atoms with Gasteiger partial charge in [-0.1, -0.05) is 0 Å². The van der Waals surface area contributed by atoms with Gasteiger partial charge in [0.2, 0.25) is 0 Å². The van der Waals surface area contributed by atoms with E-state index in [1.807, 2.05) is 12.1 Å². The molecule has 0 amide bonds.